The van der Waals surface area contributed by atoms with Gasteiger partial charge in [0.25, 0.3) is 0 Å². The minimum absolute atomic E-state index is 0.218. The van der Waals surface area contributed by atoms with E-state index in [1.807, 2.05) is 60.7 Å². The summed E-state index contributed by atoms with van der Waals surface area (Å²) in [6.07, 6.45) is 5.19. The maximum Gasteiger partial charge on any atom is 0.318 e. The van der Waals surface area contributed by atoms with Gasteiger partial charge in [-0.2, -0.15) is 0 Å². The zero-order chi connectivity index (χ0) is 18.2. The molecule has 0 aliphatic carbocycles. The summed E-state index contributed by atoms with van der Waals surface area (Å²) in [6, 6.07) is 19.7. The van der Waals surface area contributed by atoms with Crippen LogP contribution in [-0.2, 0) is 9.53 Å². The van der Waals surface area contributed by atoms with Crippen LogP contribution in [0.15, 0.2) is 73.3 Å². The number of likely N-dealkylation sites (tertiary alicyclic amines) is 1. The summed E-state index contributed by atoms with van der Waals surface area (Å²) in [5.41, 5.74) is 1.90. The number of esters is 1. The van der Waals surface area contributed by atoms with Crippen molar-refractivity contribution in [2.24, 2.45) is 0 Å². The summed E-state index contributed by atoms with van der Waals surface area (Å²) < 4.78 is 5.87. The van der Waals surface area contributed by atoms with Gasteiger partial charge < -0.3 is 4.74 Å². The van der Waals surface area contributed by atoms with Gasteiger partial charge in [0.05, 0.1) is 0 Å². The molecule has 3 heteroatoms. The Bertz CT molecular complexity index is 653. The maximum atomic E-state index is 13.1. The molecule has 1 heterocycles. The molecule has 1 aliphatic rings. The van der Waals surface area contributed by atoms with Gasteiger partial charge in [0.2, 0.25) is 0 Å². The molecule has 3 nitrogen and oxygen atoms in total. The second kappa shape index (κ2) is 9.35. The van der Waals surface area contributed by atoms with Gasteiger partial charge in [-0.05, 0) is 37.1 Å². The number of piperidine rings is 1. The van der Waals surface area contributed by atoms with E-state index in [-0.39, 0.29) is 12.1 Å². The summed E-state index contributed by atoms with van der Waals surface area (Å²) in [5, 5.41) is 0. The van der Waals surface area contributed by atoms with Crippen LogP contribution in [0.4, 0.5) is 0 Å². The van der Waals surface area contributed by atoms with Gasteiger partial charge in [-0.3, -0.25) is 9.69 Å². The number of nitrogens with zero attached hydrogens (tertiary/aromatic N) is 1. The van der Waals surface area contributed by atoms with Crippen molar-refractivity contribution in [1.29, 1.82) is 0 Å². The molecule has 2 aromatic carbocycles. The van der Waals surface area contributed by atoms with Gasteiger partial charge in [0.1, 0.15) is 12.0 Å². The number of hydrogen-bond acceptors (Lipinski definition) is 3. The topological polar surface area (TPSA) is 29.5 Å². The van der Waals surface area contributed by atoms with Crippen molar-refractivity contribution in [3.8, 4) is 0 Å². The molecule has 0 amide bonds. The Balaban J connectivity index is 1.75. The van der Waals surface area contributed by atoms with Crippen LogP contribution in [0.25, 0.3) is 0 Å². The second-order valence-electron chi connectivity index (χ2n) is 6.83. The Morgan fingerprint density at radius 2 is 1.50 bits per heavy atom. The fraction of sp³-hybridized carbons (Fsp3) is 0.348. The van der Waals surface area contributed by atoms with Crippen LogP contribution in [0.2, 0.25) is 0 Å². The Morgan fingerprint density at radius 1 is 0.962 bits per heavy atom. The van der Waals surface area contributed by atoms with Gasteiger partial charge >= 0.3 is 5.97 Å². The van der Waals surface area contributed by atoms with E-state index in [9.17, 15) is 4.79 Å². The molecule has 0 radical (unpaired) electrons. The van der Waals surface area contributed by atoms with Crippen molar-refractivity contribution in [3.05, 3.63) is 84.4 Å². The number of rotatable bonds is 7. The van der Waals surface area contributed by atoms with E-state index >= 15 is 0 Å². The van der Waals surface area contributed by atoms with E-state index in [1.165, 1.54) is 19.3 Å². The highest BCUT2D eigenvalue weighted by atomic mass is 16.5. The lowest BCUT2D eigenvalue weighted by Gasteiger charge is -2.29. The molecule has 0 unspecified atom stereocenters. The van der Waals surface area contributed by atoms with Crippen LogP contribution in [0.3, 0.4) is 0 Å². The first kappa shape index (κ1) is 18.4. The molecule has 0 aromatic heterocycles. The van der Waals surface area contributed by atoms with Crippen LogP contribution in [0.5, 0.6) is 0 Å². The van der Waals surface area contributed by atoms with Gasteiger partial charge in [-0.25, -0.2) is 0 Å². The van der Waals surface area contributed by atoms with E-state index in [2.05, 4.69) is 11.5 Å². The van der Waals surface area contributed by atoms with Gasteiger partial charge in [-0.15, -0.1) is 0 Å². The number of ether oxygens (including phenoxy) is 1. The van der Waals surface area contributed by atoms with Crippen molar-refractivity contribution >= 4 is 5.97 Å². The molecule has 1 fully saturated rings. The lowest BCUT2D eigenvalue weighted by molar-refractivity contribution is -0.148. The smallest absolute Gasteiger partial charge is 0.318 e. The standard InChI is InChI=1S/C23H27NO2/c1-2-21(18-24-16-10-5-11-17-24)26-23(25)22(19-12-6-3-7-13-19)20-14-8-4-9-15-20/h2-4,6-9,12-15,21-22H,1,5,10-11,16-18H2/t21-/m0/s1. The van der Waals surface area contributed by atoms with E-state index in [1.54, 1.807) is 6.08 Å². The molecular weight excluding hydrogens is 322 g/mol. The van der Waals surface area contributed by atoms with E-state index < -0.39 is 5.92 Å². The highest BCUT2D eigenvalue weighted by Gasteiger charge is 2.27. The summed E-state index contributed by atoms with van der Waals surface area (Å²) in [6.45, 7) is 6.75. The van der Waals surface area contributed by atoms with Crippen molar-refractivity contribution in [3.63, 3.8) is 0 Å². The van der Waals surface area contributed by atoms with Gasteiger partial charge in [0.15, 0.2) is 0 Å². The fourth-order valence-corrected chi connectivity index (χ4v) is 3.53. The first-order chi connectivity index (χ1) is 12.8. The highest BCUT2D eigenvalue weighted by Crippen LogP contribution is 2.26. The van der Waals surface area contributed by atoms with E-state index in [0.717, 1.165) is 30.8 Å². The van der Waals surface area contributed by atoms with Crippen molar-refractivity contribution < 1.29 is 9.53 Å². The Morgan fingerprint density at radius 3 is 2.00 bits per heavy atom. The average Bonchev–Trinajstić information content (AvgIpc) is 2.70. The normalized spacial score (nSPS) is 16.2. The number of carbonyl (C=O) groups excluding carboxylic acids is 1. The largest absolute Gasteiger partial charge is 0.456 e. The Labute approximate surface area is 156 Å². The summed E-state index contributed by atoms with van der Waals surface area (Å²) in [4.78, 5) is 15.4. The molecule has 136 valence electrons. The molecule has 26 heavy (non-hydrogen) atoms. The third-order valence-corrected chi connectivity index (χ3v) is 4.92. The first-order valence-electron chi connectivity index (χ1n) is 9.43. The molecule has 1 atom stereocenters. The van der Waals surface area contributed by atoms with Crippen LogP contribution < -0.4 is 0 Å². The lowest BCUT2D eigenvalue weighted by Crippen LogP contribution is -2.38. The SMILES string of the molecule is C=C[C@@H](CN1CCCCC1)OC(=O)C(c1ccccc1)c1ccccc1. The third-order valence-electron chi connectivity index (χ3n) is 4.92. The summed E-state index contributed by atoms with van der Waals surface area (Å²) in [5.74, 6) is -0.634. The van der Waals surface area contributed by atoms with Crippen LogP contribution in [0.1, 0.15) is 36.3 Å². The minimum atomic E-state index is -0.416. The number of hydrogen-bond donors (Lipinski definition) is 0. The highest BCUT2D eigenvalue weighted by molar-refractivity contribution is 5.82. The van der Waals surface area contributed by atoms with Gasteiger partial charge in [0, 0.05) is 6.54 Å². The molecule has 0 saturated carbocycles. The van der Waals surface area contributed by atoms with E-state index in [4.69, 9.17) is 4.74 Å². The predicted octanol–water partition coefficient (Wildman–Crippen LogP) is 4.40. The van der Waals surface area contributed by atoms with Crippen LogP contribution in [-0.4, -0.2) is 36.6 Å². The number of benzene rings is 2. The maximum absolute atomic E-state index is 13.1. The third kappa shape index (κ3) is 4.83. The lowest BCUT2D eigenvalue weighted by atomic mass is 9.91. The zero-order valence-corrected chi connectivity index (χ0v) is 15.2. The second-order valence-corrected chi connectivity index (χ2v) is 6.83. The first-order valence-corrected chi connectivity index (χ1v) is 9.43. The van der Waals surface area contributed by atoms with Crippen molar-refractivity contribution in [2.45, 2.75) is 31.3 Å². The van der Waals surface area contributed by atoms with Gasteiger partial charge in [-0.1, -0.05) is 79.7 Å². The summed E-state index contributed by atoms with van der Waals surface area (Å²) >= 11 is 0. The monoisotopic (exact) mass is 349 g/mol. The fourth-order valence-electron chi connectivity index (χ4n) is 3.53. The average molecular weight is 349 g/mol. The van der Waals surface area contributed by atoms with Crippen molar-refractivity contribution in [1.82, 2.24) is 4.90 Å². The minimum Gasteiger partial charge on any atom is -0.456 e. The molecule has 3 rings (SSSR count). The Kier molecular flexibility index (Phi) is 6.62. The number of carbonyl (C=O) groups is 1. The Hall–Kier alpha value is -2.39. The van der Waals surface area contributed by atoms with Crippen LogP contribution in [0, 0.1) is 0 Å². The molecule has 2 aromatic rings. The molecule has 0 spiro atoms. The molecular formula is C23H27NO2. The molecule has 0 N–H and O–H groups in total. The van der Waals surface area contributed by atoms with Crippen LogP contribution >= 0.6 is 0 Å². The van der Waals surface area contributed by atoms with E-state index in [0.29, 0.717) is 0 Å². The summed E-state index contributed by atoms with van der Waals surface area (Å²) in [7, 11) is 0. The quantitative estimate of drug-likeness (QED) is 0.548. The molecule has 0 bridgehead atoms. The van der Waals surface area contributed by atoms with Crippen molar-refractivity contribution in [2.75, 3.05) is 19.6 Å². The zero-order valence-electron chi connectivity index (χ0n) is 15.2. The molecule has 1 saturated heterocycles. The predicted molar refractivity (Wildman–Crippen MR) is 105 cm³/mol. The molecule has 1 aliphatic heterocycles.